The van der Waals surface area contributed by atoms with Gasteiger partial charge in [-0.3, -0.25) is 0 Å². The molecule has 0 saturated heterocycles. The second-order valence-corrected chi connectivity index (χ2v) is 4.08. The van der Waals surface area contributed by atoms with Crippen molar-refractivity contribution >= 4 is 11.9 Å². The van der Waals surface area contributed by atoms with Gasteiger partial charge in [0.15, 0.2) is 0 Å². The lowest BCUT2D eigenvalue weighted by Crippen LogP contribution is -2.03. The number of unbranched alkanes of at least 4 members (excludes halogenated alkanes) is 2. The molecule has 0 spiro atoms. The molecule has 4 nitrogen and oxygen atoms in total. The molecule has 0 bridgehead atoms. The third-order valence-electron chi connectivity index (χ3n) is 2.03. The first-order valence-electron chi connectivity index (χ1n) is 5.60. The van der Waals surface area contributed by atoms with E-state index in [1.807, 2.05) is 0 Å². The highest BCUT2D eigenvalue weighted by molar-refractivity contribution is 5.90. The maximum atomic E-state index is 10.9. The monoisotopic (exact) mass is 228 g/mol. The number of carboxylic acid groups (broad SMARTS) is 1. The van der Waals surface area contributed by atoms with Crippen molar-refractivity contribution in [2.24, 2.45) is 5.92 Å². The van der Waals surface area contributed by atoms with Crippen LogP contribution in [0.5, 0.6) is 0 Å². The number of carbonyl (C=O) groups excluding carboxylic acids is 1. The molecule has 0 aromatic heterocycles. The number of carbonyl (C=O) groups is 2. The number of hydrogen-bond donors (Lipinski definition) is 1. The van der Waals surface area contributed by atoms with E-state index in [0.717, 1.165) is 31.4 Å². The van der Waals surface area contributed by atoms with E-state index in [-0.39, 0.29) is 0 Å². The molecule has 0 heterocycles. The van der Waals surface area contributed by atoms with Gasteiger partial charge in [-0.2, -0.15) is 0 Å². The standard InChI is InChI=1S/C12H20O4/c1-10(2)6-4-3-5-9-16-12(15)8-7-11(13)14/h7-8,10H,3-6,9H2,1-2H3,(H,13,14)/b8-7-. The van der Waals surface area contributed by atoms with Crippen LogP contribution in [0.25, 0.3) is 0 Å². The van der Waals surface area contributed by atoms with E-state index in [4.69, 9.17) is 9.84 Å². The Morgan fingerprint density at radius 1 is 1.19 bits per heavy atom. The molecule has 0 aromatic carbocycles. The fourth-order valence-corrected chi connectivity index (χ4v) is 1.19. The molecule has 0 aliphatic carbocycles. The third kappa shape index (κ3) is 10.8. The van der Waals surface area contributed by atoms with Crippen LogP contribution in [0.2, 0.25) is 0 Å². The number of ether oxygens (including phenoxy) is 1. The minimum absolute atomic E-state index is 0.362. The van der Waals surface area contributed by atoms with Crippen LogP contribution in [0.4, 0.5) is 0 Å². The molecule has 0 radical (unpaired) electrons. The zero-order valence-electron chi connectivity index (χ0n) is 9.94. The second kappa shape index (κ2) is 8.95. The molecule has 92 valence electrons. The average molecular weight is 228 g/mol. The van der Waals surface area contributed by atoms with Crippen LogP contribution in [0.3, 0.4) is 0 Å². The fraction of sp³-hybridized carbons (Fsp3) is 0.667. The van der Waals surface area contributed by atoms with Gasteiger partial charge in [-0.25, -0.2) is 9.59 Å². The molecule has 16 heavy (non-hydrogen) atoms. The highest BCUT2D eigenvalue weighted by Crippen LogP contribution is 2.07. The molecule has 0 aromatic rings. The van der Waals surface area contributed by atoms with Gasteiger partial charge in [0.1, 0.15) is 0 Å². The summed E-state index contributed by atoms with van der Waals surface area (Å²) in [5, 5.41) is 8.26. The van der Waals surface area contributed by atoms with Crippen molar-refractivity contribution in [3.8, 4) is 0 Å². The predicted molar refractivity (Wildman–Crippen MR) is 61.0 cm³/mol. The molecule has 0 fully saturated rings. The van der Waals surface area contributed by atoms with Crippen LogP contribution in [0.15, 0.2) is 12.2 Å². The fourth-order valence-electron chi connectivity index (χ4n) is 1.19. The van der Waals surface area contributed by atoms with Crippen LogP contribution < -0.4 is 0 Å². The van der Waals surface area contributed by atoms with Gasteiger partial charge in [0.25, 0.3) is 0 Å². The lowest BCUT2D eigenvalue weighted by atomic mass is 10.1. The van der Waals surface area contributed by atoms with E-state index in [2.05, 4.69) is 13.8 Å². The summed E-state index contributed by atoms with van der Waals surface area (Å²) in [6.07, 6.45) is 5.90. The van der Waals surface area contributed by atoms with E-state index in [0.29, 0.717) is 12.5 Å². The van der Waals surface area contributed by atoms with E-state index < -0.39 is 11.9 Å². The molecular weight excluding hydrogens is 208 g/mol. The molecule has 0 saturated carbocycles. The first-order valence-corrected chi connectivity index (χ1v) is 5.60. The van der Waals surface area contributed by atoms with Crippen LogP contribution in [0, 0.1) is 5.92 Å². The number of rotatable bonds is 8. The largest absolute Gasteiger partial charge is 0.478 e. The van der Waals surface area contributed by atoms with Gasteiger partial charge in [-0.15, -0.1) is 0 Å². The minimum Gasteiger partial charge on any atom is -0.478 e. The van der Waals surface area contributed by atoms with Gasteiger partial charge in [0, 0.05) is 12.2 Å². The summed E-state index contributed by atoms with van der Waals surface area (Å²) in [7, 11) is 0. The Morgan fingerprint density at radius 3 is 2.44 bits per heavy atom. The van der Waals surface area contributed by atoms with Gasteiger partial charge in [-0.1, -0.05) is 33.1 Å². The Kier molecular flexibility index (Phi) is 8.21. The van der Waals surface area contributed by atoms with Crippen molar-refractivity contribution in [2.75, 3.05) is 6.61 Å². The summed E-state index contributed by atoms with van der Waals surface area (Å²) in [5.74, 6) is -1.03. The molecule has 0 aliphatic heterocycles. The topological polar surface area (TPSA) is 63.6 Å². The molecular formula is C12H20O4. The molecule has 0 atom stereocenters. The number of carboxylic acids is 1. The Bertz CT molecular complexity index is 243. The molecule has 0 aliphatic rings. The summed E-state index contributed by atoms with van der Waals surface area (Å²) >= 11 is 0. The van der Waals surface area contributed by atoms with E-state index in [1.54, 1.807) is 0 Å². The second-order valence-electron chi connectivity index (χ2n) is 4.08. The van der Waals surface area contributed by atoms with Crippen molar-refractivity contribution in [2.45, 2.75) is 39.5 Å². The van der Waals surface area contributed by atoms with Crippen molar-refractivity contribution in [3.05, 3.63) is 12.2 Å². The third-order valence-corrected chi connectivity index (χ3v) is 2.03. The smallest absolute Gasteiger partial charge is 0.331 e. The molecule has 0 amide bonds. The van der Waals surface area contributed by atoms with Gasteiger partial charge in [0.2, 0.25) is 0 Å². The SMILES string of the molecule is CC(C)CCCCCOC(=O)/C=C\C(=O)O. The molecule has 0 unspecified atom stereocenters. The van der Waals surface area contributed by atoms with Crippen LogP contribution in [-0.4, -0.2) is 23.7 Å². The number of aliphatic carboxylic acids is 1. The highest BCUT2D eigenvalue weighted by Gasteiger charge is 1.98. The van der Waals surface area contributed by atoms with E-state index in [1.165, 1.54) is 6.42 Å². The maximum absolute atomic E-state index is 10.9. The van der Waals surface area contributed by atoms with Gasteiger partial charge in [-0.05, 0) is 12.3 Å². The van der Waals surface area contributed by atoms with Crippen molar-refractivity contribution in [1.82, 2.24) is 0 Å². The number of hydrogen-bond acceptors (Lipinski definition) is 3. The van der Waals surface area contributed by atoms with E-state index in [9.17, 15) is 9.59 Å². The van der Waals surface area contributed by atoms with Crippen LogP contribution in [-0.2, 0) is 14.3 Å². The Balaban J connectivity index is 3.38. The molecule has 1 N–H and O–H groups in total. The number of esters is 1. The first-order chi connectivity index (χ1) is 7.52. The molecule has 0 rings (SSSR count). The van der Waals surface area contributed by atoms with E-state index >= 15 is 0 Å². The summed E-state index contributed by atoms with van der Waals surface area (Å²) in [6.45, 7) is 4.72. The summed E-state index contributed by atoms with van der Waals surface area (Å²) in [4.78, 5) is 21.0. The minimum atomic E-state index is -1.14. The van der Waals surface area contributed by atoms with Crippen molar-refractivity contribution < 1.29 is 19.4 Å². The van der Waals surface area contributed by atoms with Crippen molar-refractivity contribution in [1.29, 1.82) is 0 Å². The normalized spacial score (nSPS) is 10.9. The summed E-state index contributed by atoms with van der Waals surface area (Å²) in [5.41, 5.74) is 0. The summed E-state index contributed by atoms with van der Waals surface area (Å²) < 4.78 is 4.81. The zero-order valence-corrected chi connectivity index (χ0v) is 9.94. The summed E-state index contributed by atoms with van der Waals surface area (Å²) in [6, 6.07) is 0. The predicted octanol–water partition coefficient (Wildman–Crippen LogP) is 2.39. The Morgan fingerprint density at radius 2 is 1.88 bits per heavy atom. The average Bonchev–Trinajstić information content (AvgIpc) is 2.19. The van der Waals surface area contributed by atoms with Crippen LogP contribution >= 0.6 is 0 Å². The zero-order chi connectivity index (χ0) is 12.4. The first kappa shape index (κ1) is 14.7. The Labute approximate surface area is 96.3 Å². The van der Waals surface area contributed by atoms with Gasteiger partial charge in [0.05, 0.1) is 6.61 Å². The van der Waals surface area contributed by atoms with Gasteiger partial charge >= 0.3 is 11.9 Å². The van der Waals surface area contributed by atoms with Gasteiger partial charge < -0.3 is 9.84 Å². The lowest BCUT2D eigenvalue weighted by Gasteiger charge is -2.04. The molecule has 4 heteroatoms. The van der Waals surface area contributed by atoms with Crippen LogP contribution in [0.1, 0.15) is 39.5 Å². The maximum Gasteiger partial charge on any atom is 0.331 e. The Hall–Kier alpha value is -1.32. The van der Waals surface area contributed by atoms with Crippen molar-refractivity contribution in [3.63, 3.8) is 0 Å². The quantitative estimate of drug-likeness (QED) is 0.393. The lowest BCUT2D eigenvalue weighted by molar-refractivity contribution is -0.138. The highest BCUT2D eigenvalue weighted by atomic mass is 16.5.